The van der Waals surface area contributed by atoms with E-state index in [1.54, 1.807) is 0 Å². The summed E-state index contributed by atoms with van der Waals surface area (Å²) in [7, 11) is 0. The lowest BCUT2D eigenvalue weighted by atomic mass is 10.2. The van der Waals surface area contributed by atoms with Crippen LogP contribution in [0.3, 0.4) is 0 Å². The molecule has 1 aliphatic rings. The second kappa shape index (κ2) is 5.22. The van der Waals surface area contributed by atoms with E-state index in [1.165, 1.54) is 12.1 Å². The van der Waals surface area contributed by atoms with Crippen LogP contribution in [0.5, 0.6) is 5.75 Å². The summed E-state index contributed by atoms with van der Waals surface area (Å²) in [4.78, 5) is 0. The Labute approximate surface area is 106 Å². The molecule has 1 aliphatic heterocycles. The third-order valence-corrected chi connectivity index (χ3v) is 2.71. The number of benzene rings is 1. The van der Waals surface area contributed by atoms with Crippen LogP contribution in [0.25, 0.3) is 0 Å². The van der Waals surface area contributed by atoms with Crippen molar-refractivity contribution < 1.29 is 19.0 Å². The quantitative estimate of drug-likeness (QED) is 0.861. The second-order valence-corrected chi connectivity index (χ2v) is 4.90. The Bertz CT molecular complexity index is 402. The summed E-state index contributed by atoms with van der Waals surface area (Å²) in [5, 5.41) is 12.4. The molecule has 0 radical (unpaired) electrons. The number of nitrogens with one attached hydrogen (secondary N) is 1. The van der Waals surface area contributed by atoms with E-state index in [1.807, 2.05) is 13.8 Å². The maximum Gasteiger partial charge on any atom is 0.163 e. The average molecular weight is 255 g/mol. The van der Waals surface area contributed by atoms with Crippen LogP contribution >= 0.6 is 0 Å². The Morgan fingerprint density at radius 3 is 2.83 bits per heavy atom. The van der Waals surface area contributed by atoms with Crippen molar-refractivity contribution in [2.45, 2.75) is 32.3 Å². The summed E-state index contributed by atoms with van der Waals surface area (Å²) in [6, 6.07) is 4.01. The molecule has 0 bridgehead atoms. The topological polar surface area (TPSA) is 50.7 Å². The molecule has 0 amide bonds. The SMILES string of the molecule is CC1(C)OCC(CNCc2cc(O)cc(F)c2)O1. The first-order chi connectivity index (χ1) is 8.44. The van der Waals surface area contributed by atoms with E-state index in [9.17, 15) is 9.50 Å². The number of rotatable bonds is 4. The van der Waals surface area contributed by atoms with Crippen LogP contribution < -0.4 is 5.32 Å². The van der Waals surface area contributed by atoms with E-state index in [0.717, 1.165) is 6.07 Å². The monoisotopic (exact) mass is 255 g/mol. The van der Waals surface area contributed by atoms with Crippen molar-refractivity contribution >= 4 is 0 Å². The van der Waals surface area contributed by atoms with Crippen molar-refractivity contribution in [1.29, 1.82) is 0 Å². The summed E-state index contributed by atoms with van der Waals surface area (Å²) in [5.41, 5.74) is 0.700. The molecule has 0 saturated carbocycles. The maximum atomic E-state index is 13.0. The summed E-state index contributed by atoms with van der Waals surface area (Å²) < 4.78 is 24.1. The number of ether oxygens (including phenoxy) is 2. The van der Waals surface area contributed by atoms with E-state index in [0.29, 0.717) is 25.3 Å². The number of aromatic hydroxyl groups is 1. The number of phenols is 1. The molecule has 1 aromatic carbocycles. The predicted molar refractivity (Wildman–Crippen MR) is 64.7 cm³/mol. The van der Waals surface area contributed by atoms with E-state index < -0.39 is 11.6 Å². The van der Waals surface area contributed by atoms with Gasteiger partial charge in [-0.05, 0) is 31.5 Å². The molecule has 1 atom stereocenters. The van der Waals surface area contributed by atoms with E-state index in [4.69, 9.17) is 9.47 Å². The Kier molecular flexibility index (Phi) is 3.85. The van der Waals surface area contributed by atoms with Gasteiger partial charge in [-0.1, -0.05) is 0 Å². The van der Waals surface area contributed by atoms with Gasteiger partial charge >= 0.3 is 0 Å². The summed E-state index contributed by atoms with van der Waals surface area (Å²) in [6.07, 6.45) is 0.00200. The summed E-state index contributed by atoms with van der Waals surface area (Å²) >= 11 is 0. The lowest BCUT2D eigenvalue weighted by molar-refractivity contribution is -0.137. The van der Waals surface area contributed by atoms with Gasteiger partial charge in [0, 0.05) is 19.2 Å². The molecular formula is C13H18FNO3. The fourth-order valence-electron chi connectivity index (χ4n) is 1.98. The number of phenolic OH excluding ortho intramolecular Hbond substituents is 1. The van der Waals surface area contributed by atoms with Crippen LogP contribution in [-0.4, -0.2) is 30.1 Å². The van der Waals surface area contributed by atoms with Gasteiger partial charge in [0.2, 0.25) is 0 Å². The molecule has 1 heterocycles. The summed E-state index contributed by atoms with van der Waals surface area (Å²) in [6.45, 7) is 5.40. The number of halogens is 1. The van der Waals surface area contributed by atoms with E-state index >= 15 is 0 Å². The van der Waals surface area contributed by atoms with Crippen LogP contribution in [0.4, 0.5) is 4.39 Å². The van der Waals surface area contributed by atoms with Crippen LogP contribution in [-0.2, 0) is 16.0 Å². The Morgan fingerprint density at radius 2 is 2.22 bits per heavy atom. The first-order valence-electron chi connectivity index (χ1n) is 5.95. The second-order valence-electron chi connectivity index (χ2n) is 4.90. The van der Waals surface area contributed by atoms with E-state index in [2.05, 4.69) is 5.32 Å². The normalized spacial score (nSPS) is 22.3. The van der Waals surface area contributed by atoms with Crippen molar-refractivity contribution in [2.24, 2.45) is 0 Å². The Morgan fingerprint density at radius 1 is 1.44 bits per heavy atom. The van der Waals surface area contributed by atoms with Crippen molar-refractivity contribution in [1.82, 2.24) is 5.32 Å². The molecule has 18 heavy (non-hydrogen) atoms. The minimum absolute atomic E-state index is 0.00200. The van der Waals surface area contributed by atoms with Crippen molar-refractivity contribution in [3.8, 4) is 5.75 Å². The van der Waals surface area contributed by atoms with Gasteiger partial charge in [-0.2, -0.15) is 0 Å². The van der Waals surface area contributed by atoms with Gasteiger partial charge in [-0.3, -0.25) is 0 Å². The smallest absolute Gasteiger partial charge is 0.163 e. The van der Waals surface area contributed by atoms with Gasteiger partial charge < -0.3 is 19.9 Å². The molecule has 0 aromatic heterocycles. The molecule has 4 nitrogen and oxygen atoms in total. The highest BCUT2D eigenvalue weighted by Crippen LogP contribution is 2.21. The zero-order valence-electron chi connectivity index (χ0n) is 10.6. The molecule has 5 heteroatoms. The van der Waals surface area contributed by atoms with E-state index in [-0.39, 0.29) is 11.9 Å². The average Bonchev–Trinajstić information content (AvgIpc) is 2.57. The van der Waals surface area contributed by atoms with Gasteiger partial charge in [0.1, 0.15) is 11.6 Å². The van der Waals surface area contributed by atoms with Crippen LogP contribution in [0.15, 0.2) is 18.2 Å². The fourth-order valence-corrected chi connectivity index (χ4v) is 1.98. The fraction of sp³-hybridized carbons (Fsp3) is 0.538. The Balaban J connectivity index is 1.79. The van der Waals surface area contributed by atoms with Gasteiger partial charge in [0.15, 0.2) is 5.79 Å². The first kappa shape index (κ1) is 13.3. The van der Waals surface area contributed by atoms with Gasteiger partial charge in [-0.25, -0.2) is 4.39 Å². The van der Waals surface area contributed by atoms with Gasteiger partial charge in [-0.15, -0.1) is 0 Å². The zero-order valence-corrected chi connectivity index (χ0v) is 10.6. The molecule has 0 spiro atoms. The van der Waals surface area contributed by atoms with Crippen molar-refractivity contribution in [3.05, 3.63) is 29.6 Å². The zero-order chi connectivity index (χ0) is 13.2. The standard InChI is InChI=1S/C13H18FNO3/c1-13(2)17-8-12(18-13)7-15-6-9-3-10(14)5-11(16)4-9/h3-5,12,15-16H,6-8H2,1-2H3. The van der Waals surface area contributed by atoms with Crippen molar-refractivity contribution in [3.63, 3.8) is 0 Å². The third-order valence-electron chi connectivity index (χ3n) is 2.71. The molecule has 0 aliphatic carbocycles. The number of hydrogen-bond donors (Lipinski definition) is 2. The highest BCUT2D eigenvalue weighted by Gasteiger charge is 2.32. The van der Waals surface area contributed by atoms with Crippen molar-refractivity contribution in [2.75, 3.05) is 13.2 Å². The lowest BCUT2D eigenvalue weighted by Crippen LogP contribution is -2.30. The summed E-state index contributed by atoms with van der Waals surface area (Å²) in [5.74, 6) is -1.02. The number of hydrogen-bond acceptors (Lipinski definition) is 4. The van der Waals surface area contributed by atoms with Crippen LogP contribution in [0, 0.1) is 5.82 Å². The lowest BCUT2D eigenvalue weighted by Gasteiger charge is -2.17. The maximum absolute atomic E-state index is 13.0. The highest BCUT2D eigenvalue weighted by molar-refractivity contribution is 5.28. The molecule has 2 rings (SSSR count). The molecule has 1 unspecified atom stereocenters. The molecule has 100 valence electrons. The van der Waals surface area contributed by atoms with Gasteiger partial charge in [0.25, 0.3) is 0 Å². The molecular weight excluding hydrogens is 237 g/mol. The molecule has 1 fully saturated rings. The highest BCUT2D eigenvalue weighted by atomic mass is 19.1. The van der Waals surface area contributed by atoms with Crippen LogP contribution in [0.2, 0.25) is 0 Å². The minimum atomic E-state index is -0.524. The molecule has 1 saturated heterocycles. The van der Waals surface area contributed by atoms with Crippen LogP contribution in [0.1, 0.15) is 19.4 Å². The first-order valence-corrected chi connectivity index (χ1v) is 5.95. The Hall–Kier alpha value is -1.17. The molecule has 2 N–H and O–H groups in total. The predicted octanol–water partition coefficient (Wildman–Crippen LogP) is 1.77. The largest absolute Gasteiger partial charge is 0.508 e. The van der Waals surface area contributed by atoms with Gasteiger partial charge in [0.05, 0.1) is 12.7 Å². The third kappa shape index (κ3) is 3.66. The minimum Gasteiger partial charge on any atom is -0.508 e. The molecule has 1 aromatic rings.